The lowest BCUT2D eigenvalue weighted by Crippen LogP contribution is -2.22. The van der Waals surface area contributed by atoms with E-state index in [2.05, 4.69) is 4.98 Å². The molecule has 1 heterocycles. The van der Waals surface area contributed by atoms with Gasteiger partial charge in [-0.05, 0) is 35.4 Å². The van der Waals surface area contributed by atoms with Crippen LogP contribution in [0.4, 0.5) is 8.78 Å². The lowest BCUT2D eigenvalue weighted by molar-refractivity contribution is -0.148. The van der Waals surface area contributed by atoms with Crippen molar-refractivity contribution in [3.05, 3.63) is 81.1 Å². The van der Waals surface area contributed by atoms with Gasteiger partial charge in [0.1, 0.15) is 11.6 Å². The van der Waals surface area contributed by atoms with Crippen LogP contribution in [0.25, 0.3) is 10.9 Å². The highest BCUT2D eigenvalue weighted by molar-refractivity contribution is 6.37. The van der Waals surface area contributed by atoms with E-state index in [-0.39, 0.29) is 28.5 Å². The van der Waals surface area contributed by atoms with Crippen molar-refractivity contribution in [2.75, 3.05) is 0 Å². The van der Waals surface area contributed by atoms with Crippen LogP contribution in [0, 0.1) is 11.6 Å². The molecular weight excluding hydrogens is 372 g/mol. The third-order valence-corrected chi connectivity index (χ3v) is 4.22. The van der Waals surface area contributed by atoms with Gasteiger partial charge in [0.25, 0.3) is 0 Å². The van der Waals surface area contributed by atoms with Crippen LogP contribution in [0.1, 0.15) is 27.9 Å². The number of aromatic amines is 1. The van der Waals surface area contributed by atoms with E-state index in [9.17, 15) is 28.0 Å². The lowest BCUT2D eigenvalue weighted by atomic mass is 10.00. The van der Waals surface area contributed by atoms with Crippen molar-refractivity contribution in [2.45, 2.75) is 12.8 Å². The second-order valence-corrected chi connectivity index (χ2v) is 6.15. The van der Waals surface area contributed by atoms with Crippen molar-refractivity contribution >= 4 is 28.4 Å². The maximum Gasteiger partial charge on any atom is 0.372 e. The number of carboxylic acids is 1. The van der Waals surface area contributed by atoms with Gasteiger partial charge in [-0.15, -0.1) is 0 Å². The molecule has 1 aromatic heterocycles. The Kier molecular flexibility index (Phi) is 5.12. The zero-order valence-electron chi connectivity index (χ0n) is 14.3. The van der Waals surface area contributed by atoms with E-state index in [1.807, 2.05) is 0 Å². The van der Waals surface area contributed by atoms with Gasteiger partial charge in [-0.1, -0.05) is 12.1 Å². The third-order valence-electron chi connectivity index (χ3n) is 4.22. The van der Waals surface area contributed by atoms with Gasteiger partial charge < -0.3 is 10.1 Å². The van der Waals surface area contributed by atoms with Crippen molar-refractivity contribution in [3.8, 4) is 0 Å². The molecule has 0 amide bonds. The number of carbonyl (C=O) groups is 3. The summed E-state index contributed by atoms with van der Waals surface area (Å²) in [5.74, 6) is -5.07. The average Bonchev–Trinajstić information content (AvgIpc) is 2.64. The first kappa shape index (κ1) is 19.1. The van der Waals surface area contributed by atoms with Gasteiger partial charge in [0.15, 0.2) is 11.2 Å². The Morgan fingerprint density at radius 3 is 2.36 bits per heavy atom. The van der Waals surface area contributed by atoms with Crippen LogP contribution in [-0.2, 0) is 16.0 Å². The van der Waals surface area contributed by atoms with Crippen molar-refractivity contribution in [1.82, 2.24) is 4.98 Å². The summed E-state index contributed by atoms with van der Waals surface area (Å²) in [7, 11) is 0. The molecule has 0 aliphatic rings. The van der Waals surface area contributed by atoms with E-state index in [4.69, 9.17) is 5.11 Å². The Labute approximate surface area is 156 Å². The molecule has 0 aliphatic carbocycles. The summed E-state index contributed by atoms with van der Waals surface area (Å²) in [6, 6.07) is 7.82. The lowest BCUT2D eigenvalue weighted by Gasteiger charge is -2.07. The average molecular weight is 385 g/mol. The number of Topliss-reactive ketones (excluding diaryl/α,β-unsaturated/α-hetero) is 2. The molecule has 2 aromatic carbocycles. The molecule has 0 spiro atoms. The predicted octanol–water partition coefficient (Wildman–Crippen LogP) is 2.62. The van der Waals surface area contributed by atoms with Crippen LogP contribution in [0.5, 0.6) is 0 Å². The number of hydrogen-bond acceptors (Lipinski definition) is 4. The first-order chi connectivity index (χ1) is 13.3. The Morgan fingerprint density at radius 1 is 1.04 bits per heavy atom. The molecule has 0 saturated carbocycles. The van der Waals surface area contributed by atoms with Crippen LogP contribution < -0.4 is 5.43 Å². The van der Waals surface area contributed by atoms with Crippen molar-refractivity contribution in [1.29, 1.82) is 0 Å². The monoisotopic (exact) mass is 385 g/mol. The number of halogens is 2. The van der Waals surface area contributed by atoms with Crippen LogP contribution >= 0.6 is 0 Å². The number of pyridine rings is 1. The van der Waals surface area contributed by atoms with Gasteiger partial charge in [-0.25, -0.2) is 13.6 Å². The third kappa shape index (κ3) is 3.85. The first-order valence-electron chi connectivity index (χ1n) is 8.14. The molecule has 3 rings (SSSR count). The predicted molar refractivity (Wildman–Crippen MR) is 95.3 cm³/mol. The minimum absolute atomic E-state index is 0.0205. The molecule has 0 fully saturated rings. The highest BCUT2D eigenvalue weighted by atomic mass is 19.1. The van der Waals surface area contributed by atoms with Crippen molar-refractivity contribution in [2.24, 2.45) is 0 Å². The summed E-state index contributed by atoms with van der Waals surface area (Å²) in [6.45, 7) is 0. The quantitative estimate of drug-likeness (QED) is 0.386. The van der Waals surface area contributed by atoms with E-state index in [1.54, 1.807) is 0 Å². The van der Waals surface area contributed by atoms with E-state index in [1.165, 1.54) is 30.3 Å². The molecule has 0 aliphatic heterocycles. The Hall–Kier alpha value is -3.68. The summed E-state index contributed by atoms with van der Waals surface area (Å²) in [6.07, 6.45) is 0.173. The smallest absolute Gasteiger partial charge is 0.372 e. The normalized spacial score (nSPS) is 10.8. The second kappa shape index (κ2) is 7.51. The number of H-pyrrole nitrogens is 1. The van der Waals surface area contributed by atoms with E-state index < -0.39 is 41.0 Å². The minimum atomic E-state index is -1.77. The number of rotatable bonds is 6. The Morgan fingerprint density at radius 2 is 1.71 bits per heavy atom. The summed E-state index contributed by atoms with van der Waals surface area (Å²) in [5, 5.41) is 8.61. The molecule has 8 heteroatoms. The maximum atomic E-state index is 14.4. The van der Waals surface area contributed by atoms with E-state index in [0.717, 1.165) is 12.3 Å². The van der Waals surface area contributed by atoms with Gasteiger partial charge in [-0.3, -0.25) is 14.4 Å². The zero-order chi connectivity index (χ0) is 20.4. The number of ketones is 2. The fraction of sp³-hybridized carbons (Fsp3) is 0.100. The van der Waals surface area contributed by atoms with Crippen molar-refractivity contribution < 1.29 is 28.3 Å². The topological polar surface area (TPSA) is 104 Å². The highest BCUT2D eigenvalue weighted by Gasteiger charge is 2.21. The second-order valence-electron chi connectivity index (χ2n) is 6.15. The van der Waals surface area contributed by atoms with Gasteiger partial charge in [0, 0.05) is 18.0 Å². The molecular formula is C20H13F2NO5. The number of carboxylic acid groups (broad SMARTS) is 1. The van der Waals surface area contributed by atoms with Gasteiger partial charge in [0.2, 0.25) is 5.78 Å². The van der Waals surface area contributed by atoms with Crippen LogP contribution in [-0.4, -0.2) is 27.6 Å². The summed E-state index contributed by atoms with van der Waals surface area (Å²) >= 11 is 0. The Bertz CT molecular complexity index is 1170. The zero-order valence-corrected chi connectivity index (χ0v) is 14.3. The van der Waals surface area contributed by atoms with Crippen LogP contribution in [0.2, 0.25) is 0 Å². The van der Waals surface area contributed by atoms with Crippen LogP contribution in [0.15, 0.2) is 47.4 Å². The largest absolute Gasteiger partial charge is 0.475 e. The molecule has 0 bridgehead atoms. The molecule has 0 saturated heterocycles. The highest BCUT2D eigenvalue weighted by Crippen LogP contribution is 2.19. The summed E-state index contributed by atoms with van der Waals surface area (Å²) in [4.78, 5) is 49.1. The fourth-order valence-electron chi connectivity index (χ4n) is 2.77. The van der Waals surface area contributed by atoms with E-state index >= 15 is 0 Å². The Balaban J connectivity index is 2.01. The molecule has 3 aromatic rings. The molecule has 2 N–H and O–H groups in total. The first-order valence-corrected chi connectivity index (χ1v) is 8.14. The molecule has 0 atom stereocenters. The standard InChI is InChI=1S/C20H13F2NO5/c21-12-3-1-10(2-4-12)5-11-6-13-16(7-15(11)22)23-9-14(19(13)26)17(24)8-18(25)20(27)28/h1-4,6-7,9H,5,8H2,(H,23,26)(H,27,28). The van der Waals surface area contributed by atoms with Gasteiger partial charge >= 0.3 is 5.97 Å². The fourth-order valence-corrected chi connectivity index (χ4v) is 2.77. The number of nitrogens with one attached hydrogen (secondary N) is 1. The number of aliphatic carboxylic acids is 1. The van der Waals surface area contributed by atoms with Crippen molar-refractivity contribution in [3.63, 3.8) is 0 Å². The molecule has 28 heavy (non-hydrogen) atoms. The molecule has 0 unspecified atom stereocenters. The summed E-state index contributed by atoms with van der Waals surface area (Å²) in [5.41, 5.74) is -0.198. The number of hydrogen-bond donors (Lipinski definition) is 2. The number of carbonyl (C=O) groups excluding carboxylic acids is 2. The molecule has 142 valence electrons. The maximum absolute atomic E-state index is 14.4. The molecule has 0 radical (unpaired) electrons. The number of aromatic nitrogens is 1. The van der Waals surface area contributed by atoms with Gasteiger partial charge in [0.05, 0.1) is 17.5 Å². The number of fused-ring (bicyclic) bond motifs is 1. The van der Waals surface area contributed by atoms with Crippen LogP contribution in [0.3, 0.4) is 0 Å². The van der Waals surface area contributed by atoms with E-state index in [0.29, 0.717) is 5.56 Å². The molecule has 6 nitrogen and oxygen atoms in total. The minimum Gasteiger partial charge on any atom is -0.475 e. The SMILES string of the molecule is O=C(O)C(=O)CC(=O)c1c[nH]c2cc(F)c(Cc3ccc(F)cc3)cc2c1=O. The summed E-state index contributed by atoms with van der Waals surface area (Å²) < 4.78 is 27.4. The van der Waals surface area contributed by atoms with Gasteiger partial charge in [-0.2, -0.15) is 0 Å². The number of benzene rings is 2.